The van der Waals surface area contributed by atoms with Gasteiger partial charge >= 0.3 is 0 Å². The van der Waals surface area contributed by atoms with E-state index in [4.69, 9.17) is 15.1 Å². The van der Waals surface area contributed by atoms with Crippen molar-refractivity contribution in [2.45, 2.75) is 18.9 Å². The van der Waals surface area contributed by atoms with Gasteiger partial charge in [0.05, 0.1) is 12.0 Å². The molecule has 0 unspecified atom stereocenters. The van der Waals surface area contributed by atoms with Crippen molar-refractivity contribution in [3.8, 4) is 22.0 Å². The van der Waals surface area contributed by atoms with Crippen molar-refractivity contribution in [3.63, 3.8) is 0 Å². The highest BCUT2D eigenvalue weighted by atomic mass is 32.1. The number of piperidine rings is 1. The maximum absolute atomic E-state index is 13.1. The Bertz CT molecular complexity index is 850. The Morgan fingerprint density at radius 3 is 2.60 bits per heavy atom. The van der Waals surface area contributed by atoms with Gasteiger partial charge in [-0.25, -0.2) is 4.98 Å². The number of aromatic nitrogens is 1. The minimum Gasteiger partial charge on any atom is -0.462 e. The molecular weight excluding hydrogens is 334 g/mol. The van der Waals surface area contributed by atoms with Gasteiger partial charge in [0.25, 0.3) is 5.91 Å². The fourth-order valence-corrected chi connectivity index (χ4v) is 4.03. The number of benzene rings is 1. The van der Waals surface area contributed by atoms with Crippen molar-refractivity contribution in [1.29, 1.82) is 0 Å². The van der Waals surface area contributed by atoms with Gasteiger partial charge in [-0.2, -0.15) is 0 Å². The lowest BCUT2D eigenvalue weighted by molar-refractivity contribution is 0.0720. The number of nitrogens with two attached hydrogens (primary N) is 1. The van der Waals surface area contributed by atoms with E-state index in [2.05, 4.69) is 0 Å². The molecule has 5 nitrogen and oxygen atoms in total. The summed E-state index contributed by atoms with van der Waals surface area (Å²) in [6, 6.07) is 13.7. The second-order valence-electron chi connectivity index (χ2n) is 6.17. The van der Waals surface area contributed by atoms with Crippen LogP contribution in [0, 0.1) is 0 Å². The van der Waals surface area contributed by atoms with Crippen LogP contribution in [-0.4, -0.2) is 34.9 Å². The Hall–Kier alpha value is -2.44. The number of nitrogens with zero attached hydrogens (tertiary/aromatic N) is 2. The van der Waals surface area contributed by atoms with Gasteiger partial charge in [0, 0.05) is 24.7 Å². The van der Waals surface area contributed by atoms with Crippen molar-refractivity contribution in [3.05, 3.63) is 53.6 Å². The Labute approximate surface area is 150 Å². The van der Waals surface area contributed by atoms with Gasteiger partial charge in [-0.05, 0) is 25.0 Å². The van der Waals surface area contributed by atoms with E-state index in [9.17, 15) is 4.79 Å². The summed E-state index contributed by atoms with van der Waals surface area (Å²) in [5, 5.41) is 0.723. The van der Waals surface area contributed by atoms with E-state index in [1.807, 2.05) is 47.4 Å². The molecule has 1 amide bonds. The molecule has 6 heteroatoms. The smallest absolute Gasteiger partial charge is 0.266 e. The maximum Gasteiger partial charge on any atom is 0.266 e. The third-order valence-corrected chi connectivity index (χ3v) is 5.49. The normalized spacial score (nSPS) is 15.5. The Kier molecular flexibility index (Phi) is 4.38. The first-order chi connectivity index (χ1) is 12.2. The van der Waals surface area contributed by atoms with Gasteiger partial charge in [0.2, 0.25) is 0 Å². The summed E-state index contributed by atoms with van der Waals surface area (Å²) in [6.07, 6.45) is 3.30. The topological polar surface area (TPSA) is 72.4 Å². The summed E-state index contributed by atoms with van der Waals surface area (Å²) in [4.78, 5) is 20.4. The summed E-state index contributed by atoms with van der Waals surface area (Å²) in [5.41, 5.74) is 7.62. The van der Waals surface area contributed by atoms with Crippen LogP contribution in [0.5, 0.6) is 0 Å². The van der Waals surface area contributed by atoms with Gasteiger partial charge < -0.3 is 15.1 Å². The van der Waals surface area contributed by atoms with Crippen molar-refractivity contribution >= 4 is 17.2 Å². The molecule has 25 heavy (non-hydrogen) atoms. The quantitative estimate of drug-likeness (QED) is 0.780. The van der Waals surface area contributed by atoms with Crippen LogP contribution in [0.4, 0.5) is 0 Å². The van der Waals surface area contributed by atoms with Crippen molar-refractivity contribution < 1.29 is 9.21 Å². The van der Waals surface area contributed by atoms with Gasteiger partial charge in [0.15, 0.2) is 10.8 Å². The molecular formula is C19H19N3O2S. The zero-order chi connectivity index (χ0) is 17.2. The number of carbonyl (C=O) groups excluding carboxylic acids is 1. The number of likely N-dealkylation sites (tertiary alicyclic amines) is 1. The Morgan fingerprint density at radius 1 is 1.16 bits per heavy atom. The van der Waals surface area contributed by atoms with E-state index >= 15 is 0 Å². The molecule has 4 rings (SSSR count). The second kappa shape index (κ2) is 6.82. The molecule has 128 valence electrons. The molecule has 3 heterocycles. The lowest BCUT2D eigenvalue weighted by Gasteiger charge is -2.29. The average molecular weight is 353 g/mol. The molecule has 0 radical (unpaired) electrons. The van der Waals surface area contributed by atoms with Crippen LogP contribution < -0.4 is 5.73 Å². The molecule has 0 bridgehead atoms. The van der Waals surface area contributed by atoms with Crippen LogP contribution >= 0.6 is 11.3 Å². The third kappa shape index (κ3) is 3.23. The van der Waals surface area contributed by atoms with E-state index in [0.29, 0.717) is 23.7 Å². The molecule has 1 saturated heterocycles. The zero-order valence-corrected chi connectivity index (χ0v) is 14.5. The number of rotatable bonds is 3. The average Bonchev–Trinajstić information content (AvgIpc) is 3.32. The second-order valence-corrected chi connectivity index (χ2v) is 7.17. The van der Waals surface area contributed by atoms with Crippen molar-refractivity contribution in [2.75, 3.05) is 13.1 Å². The first kappa shape index (κ1) is 16.1. The molecule has 1 aliphatic heterocycles. The summed E-state index contributed by atoms with van der Waals surface area (Å²) >= 11 is 1.39. The number of hydrogen-bond donors (Lipinski definition) is 1. The van der Waals surface area contributed by atoms with Gasteiger partial charge in [-0.1, -0.05) is 30.3 Å². The summed E-state index contributed by atoms with van der Waals surface area (Å²) in [7, 11) is 0. The predicted octanol–water partition coefficient (Wildman–Crippen LogP) is 3.63. The number of carbonyl (C=O) groups is 1. The van der Waals surface area contributed by atoms with Crippen LogP contribution in [-0.2, 0) is 0 Å². The van der Waals surface area contributed by atoms with Gasteiger partial charge in [-0.3, -0.25) is 4.79 Å². The largest absolute Gasteiger partial charge is 0.462 e. The van der Waals surface area contributed by atoms with Gasteiger partial charge in [0.1, 0.15) is 4.88 Å². The summed E-state index contributed by atoms with van der Waals surface area (Å²) < 4.78 is 5.47. The van der Waals surface area contributed by atoms with Crippen LogP contribution in [0.15, 0.2) is 53.1 Å². The van der Waals surface area contributed by atoms with Crippen LogP contribution in [0.1, 0.15) is 22.5 Å². The number of hydrogen-bond acceptors (Lipinski definition) is 5. The monoisotopic (exact) mass is 353 g/mol. The fourth-order valence-electron chi connectivity index (χ4n) is 3.01. The molecule has 2 N–H and O–H groups in total. The first-order valence-electron chi connectivity index (χ1n) is 8.37. The maximum atomic E-state index is 13.1. The molecule has 1 aromatic carbocycles. The Morgan fingerprint density at radius 2 is 1.92 bits per heavy atom. The lowest BCUT2D eigenvalue weighted by atomic mass is 10.1. The summed E-state index contributed by atoms with van der Waals surface area (Å²) in [6.45, 7) is 1.39. The molecule has 2 aromatic heterocycles. The molecule has 0 aliphatic carbocycles. The van der Waals surface area contributed by atoms with Crippen LogP contribution in [0.2, 0.25) is 0 Å². The van der Waals surface area contributed by atoms with E-state index in [-0.39, 0.29) is 11.9 Å². The minimum atomic E-state index is 0.0288. The van der Waals surface area contributed by atoms with E-state index in [1.165, 1.54) is 11.3 Å². The molecule has 1 aliphatic rings. The first-order valence-corrected chi connectivity index (χ1v) is 9.19. The zero-order valence-electron chi connectivity index (χ0n) is 13.7. The highest BCUT2D eigenvalue weighted by Gasteiger charge is 2.27. The minimum absolute atomic E-state index is 0.0288. The number of amides is 1. The molecule has 1 fully saturated rings. The number of thiazole rings is 1. The van der Waals surface area contributed by atoms with E-state index in [0.717, 1.165) is 29.1 Å². The molecule has 0 atom stereocenters. The number of furan rings is 1. The summed E-state index contributed by atoms with van der Waals surface area (Å²) in [5.74, 6) is 0.711. The van der Waals surface area contributed by atoms with Gasteiger partial charge in [-0.15, -0.1) is 11.3 Å². The van der Waals surface area contributed by atoms with Crippen LogP contribution in [0.3, 0.4) is 0 Å². The predicted molar refractivity (Wildman–Crippen MR) is 98.4 cm³/mol. The highest BCUT2D eigenvalue weighted by molar-refractivity contribution is 7.17. The third-order valence-electron chi connectivity index (χ3n) is 4.43. The standard InChI is InChI=1S/C19H19N3O2S/c20-14-8-10-22(11-9-14)19(23)17-16(13-5-2-1-3-6-13)21-18(25-17)15-7-4-12-24-15/h1-7,12,14H,8-11,20H2. The highest BCUT2D eigenvalue weighted by Crippen LogP contribution is 2.35. The molecule has 0 saturated carbocycles. The molecule has 0 spiro atoms. The van der Waals surface area contributed by atoms with Crippen molar-refractivity contribution in [2.24, 2.45) is 5.73 Å². The molecule has 3 aromatic rings. The van der Waals surface area contributed by atoms with E-state index < -0.39 is 0 Å². The SMILES string of the molecule is NC1CCN(C(=O)c2sc(-c3ccco3)nc2-c2ccccc2)CC1. The van der Waals surface area contributed by atoms with Crippen molar-refractivity contribution in [1.82, 2.24) is 9.88 Å². The van der Waals surface area contributed by atoms with Crippen LogP contribution in [0.25, 0.3) is 22.0 Å². The fraction of sp³-hybridized carbons (Fsp3) is 0.263. The lowest BCUT2D eigenvalue weighted by Crippen LogP contribution is -2.42. The van der Waals surface area contributed by atoms with E-state index in [1.54, 1.807) is 6.26 Å². The Balaban J connectivity index is 1.73.